The average Bonchev–Trinajstić information content (AvgIpc) is 2.75. The van der Waals surface area contributed by atoms with Crippen molar-refractivity contribution in [3.63, 3.8) is 0 Å². The van der Waals surface area contributed by atoms with E-state index >= 15 is 0 Å². The maximum atomic E-state index is 5.64. The molecule has 0 bridgehead atoms. The van der Waals surface area contributed by atoms with Crippen molar-refractivity contribution in [2.45, 2.75) is 31.9 Å². The summed E-state index contributed by atoms with van der Waals surface area (Å²) in [5, 5.41) is 6.88. The third kappa shape index (κ3) is 1.71. The number of hydrogen-bond acceptors (Lipinski definition) is 4. The van der Waals surface area contributed by atoms with Gasteiger partial charge >= 0.3 is 0 Å². The molecule has 0 amide bonds. The minimum atomic E-state index is -0.119. The van der Waals surface area contributed by atoms with Crippen LogP contribution >= 0.6 is 0 Å². The SMILES string of the molecule is CC(N)c1n[nH]c(C2CCCO2)n1. The van der Waals surface area contributed by atoms with E-state index in [-0.39, 0.29) is 12.1 Å². The molecule has 2 unspecified atom stereocenters. The molecule has 1 aromatic rings. The van der Waals surface area contributed by atoms with Crippen LogP contribution in [0.2, 0.25) is 0 Å². The molecule has 1 aliphatic rings. The molecule has 72 valence electrons. The molecule has 0 saturated carbocycles. The summed E-state index contributed by atoms with van der Waals surface area (Å²) < 4.78 is 5.46. The summed E-state index contributed by atoms with van der Waals surface area (Å²) >= 11 is 0. The minimum absolute atomic E-state index is 0.0972. The van der Waals surface area contributed by atoms with Crippen molar-refractivity contribution in [2.24, 2.45) is 5.73 Å². The Morgan fingerprint density at radius 3 is 3.08 bits per heavy atom. The van der Waals surface area contributed by atoms with Crippen LogP contribution in [0.4, 0.5) is 0 Å². The van der Waals surface area contributed by atoms with E-state index < -0.39 is 0 Å². The molecule has 1 aromatic heterocycles. The number of H-pyrrole nitrogens is 1. The van der Waals surface area contributed by atoms with Crippen molar-refractivity contribution in [1.82, 2.24) is 15.2 Å². The van der Waals surface area contributed by atoms with Crippen LogP contribution in [-0.4, -0.2) is 21.8 Å². The highest BCUT2D eigenvalue weighted by atomic mass is 16.5. The van der Waals surface area contributed by atoms with Crippen molar-refractivity contribution in [2.75, 3.05) is 6.61 Å². The average molecular weight is 182 g/mol. The molecule has 1 fully saturated rings. The number of nitrogens with one attached hydrogen (secondary N) is 1. The maximum Gasteiger partial charge on any atom is 0.167 e. The van der Waals surface area contributed by atoms with Crippen LogP contribution in [0.25, 0.3) is 0 Å². The number of aromatic amines is 1. The Bertz CT molecular complexity index is 277. The van der Waals surface area contributed by atoms with Crippen molar-refractivity contribution < 1.29 is 4.74 Å². The van der Waals surface area contributed by atoms with E-state index in [4.69, 9.17) is 10.5 Å². The largest absolute Gasteiger partial charge is 0.370 e. The first-order chi connectivity index (χ1) is 6.27. The topological polar surface area (TPSA) is 76.8 Å². The Labute approximate surface area is 76.7 Å². The second-order valence-corrected chi connectivity index (χ2v) is 3.37. The molecule has 1 aliphatic heterocycles. The summed E-state index contributed by atoms with van der Waals surface area (Å²) in [5.74, 6) is 1.47. The van der Waals surface area contributed by atoms with Gasteiger partial charge in [0.15, 0.2) is 11.6 Å². The molecule has 2 atom stereocenters. The Morgan fingerprint density at radius 1 is 1.69 bits per heavy atom. The van der Waals surface area contributed by atoms with Crippen LogP contribution in [-0.2, 0) is 4.74 Å². The first kappa shape index (κ1) is 8.65. The van der Waals surface area contributed by atoms with Gasteiger partial charge in [-0.3, -0.25) is 5.10 Å². The Hall–Kier alpha value is -0.940. The number of ether oxygens (including phenoxy) is 1. The lowest BCUT2D eigenvalue weighted by molar-refractivity contribution is 0.105. The molecule has 0 spiro atoms. The van der Waals surface area contributed by atoms with Crippen LogP contribution in [0, 0.1) is 0 Å². The summed E-state index contributed by atoms with van der Waals surface area (Å²) in [6.07, 6.45) is 2.21. The summed E-state index contributed by atoms with van der Waals surface area (Å²) in [5.41, 5.74) is 5.64. The van der Waals surface area contributed by atoms with Gasteiger partial charge in [-0.05, 0) is 19.8 Å². The molecule has 13 heavy (non-hydrogen) atoms. The second kappa shape index (κ2) is 3.43. The van der Waals surface area contributed by atoms with Crippen LogP contribution in [0.3, 0.4) is 0 Å². The normalized spacial score (nSPS) is 24.9. The van der Waals surface area contributed by atoms with Gasteiger partial charge in [0.25, 0.3) is 0 Å². The smallest absolute Gasteiger partial charge is 0.167 e. The van der Waals surface area contributed by atoms with Crippen molar-refractivity contribution >= 4 is 0 Å². The molecule has 2 heterocycles. The summed E-state index contributed by atoms with van der Waals surface area (Å²) in [7, 11) is 0. The first-order valence-electron chi connectivity index (χ1n) is 4.57. The molecule has 3 N–H and O–H groups in total. The number of hydrogen-bond donors (Lipinski definition) is 2. The Morgan fingerprint density at radius 2 is 2.54 bits per heavy atom. The summed E-state index contributed by atoms with van der Waals surface area (Å²) in [6.45, 7) is 2.68. The zero-order chi connectivity index (χ0) is 9.26. The van der Waals surface area contributed by atoms with Gasteiger partial charge in [-0.2, -0.15) is 5.10 Å². The molecule has 5 nitrogen and oxygen atoms in total. The highest BCUT2D eigenvalue weighted by Crippen LogP contribution is 2.25. The van der Waals surface area contributed by atoms with E-state index in [0.717, 1.165) is 25.3 Å². The molecular weight excluding hydrogens is 168 g/mol. The van der Waals surface area contributed by atoms with E-state index in [1.54, 1.807) is 0 Å². The van der Waals surface area contributed by atoms with E-state index in [1.165, 1.54) is 0 Å². The number of aromatic nitrogens is 3. The van der Waals surface area contributed by atoms with Crippen LogP contribution in [0.5, 0.6) is 0 Å². The van der Waals surface area contributed by atoms with Gasteiger partial charge in [0.2, 0.25) is 0 Å². The third-order valence-electron chi connectivity index (χ3n) is 2.16. The number of nitrogens with zero attached hydrogens (tertiary/aromatic N) is 2. The fourth-order valence-electron chi connectivity index (χ4n) is 1.43. The number of rotatable bonds is 2. The van der Waals surface area contributed by atoms with Crippen molar-refractivity contribution in [1.29, 1.82) is 0 Å². The first-order valence-corrected chi connectivity index (χ1v) is 4.57. The van der Waals surface area contributed by atoms with Crippen LogP contribution < -0.4 is 5.73 Å². The third-order valence-corrected chi connectivity index (χ3v) is 2.16. The number of nitrogens with two attached hydrogens (primary N) is 1. The van der Waals surface area contributed by atoms with Gasteiger partial charge in [-0.25, -0.2) is 4.98 Å². The van der Waals surface area contributed by atoms with E-state index in [1.807, 2.05) is 6.92 Å². The van der Waals surface area contributed by atoms with Crippen molar-refractivity contribution in [3.8, 4) is 0 Å². The minimum Gasteiger partial charge on any atom is -0.370 e. The lowest BCUT2D eigenvalue weighted by Gasteiger charge is -2.03. The van der Waals surface area contributed by atoms with E-state index in [2.05, 4.69) is 15.2 Å². The van der Waals surface area contributed by atoms with E-state index in [9.17, 15) is 0 Å². The van der Waals surface area contributed by atoms with Gasteiger partial charge in [0.05, 0.1) is 6.04 Å². The van der Waals surface area contributed by atoms with Gasteiger partial charge in [0, 0.05) is 6.61 Å². The Balaban J connectivity index is 2.12. The predicted octanol–water partition coefficient (Wildman–Crippen LogP) is 0.676. The van der Waals surface area contributed by atoms with Crippen LogP contribution in [0.1, 0.15) is 43.6 Å². The van der Waals surface area contributed by atoms with Gasteiger partial charge < -0.3 is 10.5 Å². The molecule has 1 saturated heterocycles. The standard InChI is InChI=1S/C8H14N4O/c1-5(9)7-10-8(12-11-7)6-3-2-4-13-6/h5-6H,2-4,9H2,1H3,(H,10,11,12). The van der Waals surface area contributed by atoms with Gasteiger partial charge in [0.1, 0.15) is 6.10 Å². The lowest BCUT2D eigenvalue weighted by Crippen LogP contribution is -2.07. The van der Waals surface area contributed by atoms with Crippen LogP contribution in [0.15, 0.2) is 0 Å². The second-order valence-electron chi connectivity index (χ2n) is 3.37. The Kier molecular flexibility index (Phi) is 2.28. The zero-order valence-electron chi connectivity index (χ0n) is 7.66. The van der Waals surface area contributed by atoms with Gasteiger partial charge in [-0.1, -0.05) is 0 Å². The molecule has 5 heteroatoms. The molecule has 0 aromatic carbocycles. The summed E-state index contributed by atoms with van der Waals surface area (Å²) in [6, 6.07) is -0.119. The predicted molar refractivity (Wildman–Crippen MR) is 46.9 cm³/mol. The van der Waals surface area contributed by atoms with Crippen molar-refractivity contribution in [3.05, 3.63) is 11.6 Å². The molecule has 0 aliphatic carbocycles. The van der Waals surface area contributed by atoms with E-state index in [0.29, 0.717) is 5.82 Å². The zero-order valence-corrected chi connectivity index (χ0v) is 7.66. The fraction of sp³-hybridized carbons (Fsp3) is 0.750. The monoisotopic (exact) mass is 182 g/mol. The highest BCUT2D eigenvalue weighted by Gasteiger charge is 2.21. The lowest BCUT2D eigenvalue weighted by atomic mass is 10.2. The molecule has 0 radical (unpaired) electrons. The molecule has 2 rings (SSSR count). The van der Waals surface area contributed by atoms with Gasteiger partial charge in [-0.15, -0.1) is 0 Å². The quantitative estimate of drug-likeness (QED) is 0.705. The fourth-order valence-corrected chi connectivity index (χ4v) is 1.43. The highest BCUT2D eigenvalue weighted by molar-refractivity contribution is 4.98. The summed E-state index contributed by atoms with van der Waals surface area (Å²) in [4.78, 5) is 4.28. The maximum absolute atomic E-state index is 5.64. The molecular formula is C8H14N4O.